The fourth-order valence-corrected chi connectivity index (χ4v) is 2.49. The number of nitrogens with one attached hydrogen (secondary N) is 1. The smallest absolute Gasteiger partial charge is 0.339 e. The Balaban J connectivity index is 2.03. The summed E-state index contributed by atoms with van der Waals surface area (Å²) in [6.07, 6.45) is 1.98. The number of H-pyrrole nitrogens is 1. The normalized spacial score (nSPS) is 12.0. The van der Waals surface area contributed by atoms with Crippen LogP contribution in [0.2, 0.25) is 0 Å². The molecular formula is C13H21N5O2S. The minimum Gasteiger partial charge on any atom is -0.339 e. The monoisotopic (exact) mass is 311 g/mol. The summed E-state index contributed by atoms with van der Waals surface area (Å²) in [7, 11) is 0. The maximum Gasteiger partial charge on any atom is 0.343 e. The van der Waals surface area contributed by atoms with E-state index in [2.05, 4.69) is 27.3 Å². The van der Waals surface area contributed by atoms with E-state index in [1.165, 1.54) is 11.8 Å². The second kappa shape index (κ2) is 6.46. The molecule has 1 N–H and O–H groups in total. The third kappa shape index (κ3) is 3.96. The maximum absolute atomic E-state index is 11.7. The largest absolute Gasteiger partial charge is 0.343 e. The number of unbranched alkanes of at least 4 members (excludes halogenated alkanes) is 1. The first-order valence-electron chi connectivity index (χ1n) is 7.03. The highest BCUT2D eigenvalue weighted by Gasteiger charge is 2.22. The summed E-state index contributed by atoms with van der Waals surface area (Å²) < 4.78 is 6.90. The summed E-state index contributed by atoms with van der Waals surface area (Å²) in [5.74, 6) is 1.75. The summed E-state index contributed by atoms with van der Waals surface area (Å²) in [6.45, 7) is 8.83. The Morgan fingerprint density at radius 2 is 2.14 bits per heavy atom. The van der Waals surface area contributed by atoms with Crippen molar-refractivity contribution in [3.63, 3.8) is 0 Å². The molecule has 0 aliphatic carbocycles. The van der Waals surface area contributed by atoms with Gasteiger partial charge < -0.3 is 4.52 Å². The SMILES string of the molecule is CCCCn1c(SCc2noc(C(C)(C)C)n2)n[nH]c1=O. The van der Waals surface area contributed by atoms with Crippen molar-refractivity contribution in [2.24, 2.45) is 0 Å². The quantitative estimate of drug-likeness (QED) is 0.824. The van der Waals surface area contributed by atoms with Gasteiger partial charge in [-0.1, -0.05) is 51.0 Å². The fourth-order valence-electron chi connectivity index (χ4n) is 1.67. The number of hydrogen-bond donors (Lipinski definition) is 1. The molecule has 2 aromatic heterocycles. The van der Waals surface area contributed by atoms with E-state index in [9.17, 15) is 4.79 Å². The minimum atomic E-state index is -0.172. The lowest BCUT2D eigenvalue weighted by molar-refractivity contribution is 0.319. The zero-order chi connectivity index (χ0) is 15.5. The zero-order valence-corrected chi connectivity index (χ0v) is 13.7. The first kappa shape index (κ1) is 15.8. The van der Waals surface area contributed by atoms with E-state index < -0.39 is 0 Å². The molecule has 0 fully saturated rings. The lowest BCUT2D eigenvalue weighted by Crippen LogP contribution is -2.17. The van der Waals surface area contributed by atoms with Crippen molar-refractivity contribution in [1.82, 2.24) is 24.9 Å². The molecule has 7 nitrogen and oxygen atoms in total. The van der Waals surface area contributed by atoms with Gasteiger partial charge in [0.2, 0.25) is 5.89 Å². The molecule has 0 radical (unpaired) electrons. The van der Waals surface area contributed by atoms with Crippen LogP contribution in [0.1, 0.15) is 52.3 Å². The van der Waals surface area contributed by atoms with Gasteiger partial charge in [-0.3, -0.25) is 4.57 Å². The minimum absolute atomic E-state index is 0.161. The average Bonchev–Trinajstić information content (AvgIpc) is 3.01. The summed E-state index contributed by atoms with van der Waals surface area (Å²) in [4.78, 5) is 16.0. The van der Waals surface area contributed by atoms with Crippen LogP contribution in [0.25, 0.3) is 0 Å². The van der Waals surface area contributed by atoms with Crippen molar-refractivity contribution in [1.29, 1.82) is 0 Å². The van der Waals surface area contributed by atoms with E-state index in [-0.39, 0.29) is 11.1 Å². The number of aromatic amines is 1. The molecule has 21 heavy (non-hydrogen) atoms. The third-order valence-corrected chi connectivity index (χ3v) is 3.87. The van der Waals surface area contributed by atoms with Crippen LogP contribution in [-0.2, 0) is 17.7 Å². The molecule has 0 saturated heterocycles. The van der Waals surface area contributed by atoms with Gasteiger partial charge in [-0.2, -0.15) is 4.98 Å². The Morgan fingerprint density at radius 1 is 1.38 bits per heavy atom. The van der Waals surface area contributed by atoms with Gasteiger partial charge in [-0.15, -0.1) is 5.10 Å². The number of nitrogens with zero attached hydrogens (tertiary/aromatic N) is 4. The number of hydrogen-bond acceptors (Lipinski definition) is 6. The second-order valence-corrected chi connectivity index (χ2v) is 6.81. The van der Waals surface area contributed by atoms with Gasteiger partial charge in [0.1, 0.15) is 0 Å². The van der Waals surface area contributed by atoms with E-state index in [1.807, 2.05) is 20.8 Å². The Hall–Kier alpha value is -1.57. The van der Waals surface area contributed by atoms with Gasteiger partial charge in [0, 0.05) is 12.0 Å². The van der Waals surface area contributed by atoms with Crippen molar-refractivity contribution in [2.45, 2.75) is 63.4 Å². The van der Waals surface area contributed by atoms with Crippen LogP contribution in [0.5, 0.6) is 0 Å². The fraction of sp³-hybridized carbons (Fsp3) is 0.692. The first-order chi connectivity index (χ1) is 9.91. The van der Waals surface area contributed by atoms with E-state index in [4.69, 9.17) is 4.52 Å². The maximum atomic E-state index is 11.7. The predicted molar refractivity (Wildman–Crippen MR) is 80.3 cm³/mol. The van der Waals surface area contributed by atoms with Crippen LogP contribution in [0.15, 0.2) is 14.5 Å². The highest BCUT2D eigenvalue weighted by Crippen LogP contribution is 2.23. The lowest BCUT2D eigenvalue weighted by Gasteiger charge is -2.10. The molecule has 2 heterocycles. The summed E-state index contributed by atoms with van der Waals surface area (Å²) in [5.41, 5.74) is -0.333. The van der Waals surface area contributed by atoms with Crippen molar-refractivity contribution in [2.75, 3.05) is 0 Å². The van der Waals surface area contributed by atoms with Gasteiger partial charge in [0.05, 0.1) is 5.75 Å². The molecule has 0 aliphatic heterocycles. The highest BCUT2D eigenvalue weighted by atomic mass is 32.2. The summed E-state index contributed by atoms with van der Waals surface area (Å²) >= 11 is 1.43. The Bertz CT molecular complexity index is 638. The molecule has 2 aromatic rings. The summed E-state index contributed by atoms with van der Waals surface area (Å²) in [6, 6.07) is 0. The molecular weight excluding hydrogens is 290 g/mol. The first-order valence-corrected chi connectivity index (χ1v) is 8.01. The molecule has 0 amide bonds. The second-order valence-electron chi connectivity index (χ2n) is 5.87. The Kier molecular flexibility index (Phi) is 4.87. The van der Waals surface area contributed by atoms with Gasteiger partial charge in [-0.25, -0.2) is 9.89 Å². The van der Waals surface area contributed by atoms with Gasteiger partial charge in [0.25, 0.3) is 0 Å². The van der Waals surface area contributed by atoms with Gasteiger partial charge >= 0.3 is 5.69 Å². The van der Waals surface area contributed by atoms with Crippen LogP contribution in [-0.4, -0.2) is 24.9 Å². The number of aromatic nitrogens is 5. The van der Waals surface area contributed by atoms with E-state index in [0.29, 0.717) is 29.2 Å². The molecule has 8 heteroatoms. The Labute approximate surface area is 127 Å². The molecule has 0 bridgehead atoms. The summed E-state index contributed by atoms with van der Waals surface area (Å²) in [5, 5.41) is 11.2. The lowest BCUT2D eigenvalue weighted by atomic mass is 9.97. The third-order valence-electron chi connectivity index (χ3n) is 2.90. The molecule has 0 saturated carbocycles. The van der Waals surface area contributed by atoms with E-state index in [0.717, 1.165) is 12.8 Å². The number of thioether (sulfide) groups is 1. The molecule has 0 unspecified atom stereocenters. The molecule has 0 spiro atoms. The van der Waals surface area contributed by atoms with Gasteiger partial charge in [-0.05, 0) is 6.42 Å². The Morgan fingerprint density at radius 3 is 2.76 bits per heavy atom. The van der Waals surface area contributed by atoms with E-state index >= 15 is 0 Å². The van der Waals surface area contributed by atoms with Crippen molar-refractivity contribution in [3.8, 4) is 0 Å². The number of rotatable bonds is 6. The molecule has 0 aromatic carbocycles. The van der Waals surface area contributed by atoms with Crippen molar-refractivity contribution >= 4 is 11.8 Å². The van der Waals surface area contributed by atoms with Crippen LogP contribution in [0, 0.1) is 0 Å². The molecule has 116 valence electrons. The van der Waals surface area contributed by atoms with Crippen LogP contribution in [0.4, 0.5) is 0 Å². The van der Waals surface area contributed by atoms with Crippen molar-refractivity contribution < 1.29 is 4.52 Å². The highest BCUT2D eigenvalue weighted by molar-refractivity contribution is 7.98. The molecule has 0 aliphatic rings. The average molecular weight is 311 g/mol. The van der Waals surface area contributed by atoms with Crippen LogP contribution < -0.4 is 5.69 Å². The van der Waals surface area contributed by atoms with Crippen LogP contribution in [0.3, 0.4) is 0 Å². The van der Waals surface area contributed by atoms with E-state index in [1.54, 1.807) is 4.57 Å². The molecule has 2 rings (SSSR count). The van der Waals surface area contributed by atoms with Gasteiger partial charge in [0.15, 0.2) is 11.0 Å². The van der Waals surface area contributed by atoms with Crippen molar-refractivity contribution in [3.05, 3.63) is 22.2 Å². The van der Waals surface area contributed by atoms with Crippen LogP contribution >= 0.6 is 11.8 Å². The predicted octanol–water partition coefficient (Wildman–Crippen LogP) is 2.34. The molecule has 0 atom stereocenters. The standard InChI is InChI=1S/C13H21N5O2S/c1-5-6-7-18-11(19)15-16-12(18)21-8-9-14-10(20-17-9)13(2,3)4/h5-8H2,1-4H3,(H,15,19). The topological polar surface area (TPSA) is 89.6 Å². The zero-order valence-electron chi connectivity index (χ0n) is 12.8.